The molecule has 0 spiro atoms. The number of halogens is 1. The van der Waals surface area contributed by atoms with Crippen molar-refractivity contribution in [1.29, 1.82) is 0 Å². The second kappa shape index (κ2) is 5.82. The lowest BCUT2D eigenvalue weighted by Gasteiger charge is -2.10. The largest absolute Gasteiger partial charge is 0.218 e. The van der Waals surface area contributed by atoms with Gasteiger partial charge in [0.05, 0.1) is 5.39 Å². The van der Waals surface area contributed by atoms with Gasteiger partial charge in [0, 0.05) is 4.88 Å². The maximum Gasteiger partial charge on any atom is 0.155 e. The van der Waals surface area contributed by atoms with E-state index in [0.29, 0.717) is 11.0 Å². The molecule has 1 aromatic carbocycles. The van der Waals surface area contributed by atoms with Gasteiger partial charge in [-0.05, 0) is 42.9 Å². The molecule has 0 amide bonds. The van der Waals surface area contributed by atoms with Crippen LogP contribution in [-0.4, -0.2) is 9.97 Å². The molecule has 2 aromatic heterocycles. The molecule has 2 heterocycles. The number of fused-ring (bicyclic) bond motifs is 3. The quantitative estimate of drug-likeness (QED) is 0.590. The molecule has 0 N–H and O–H groups in total. The molecule has 0 bridgehead atoms. The molecule has 0 saturated carbocycles. The first-order valence-corrected chi connectivity index (χ1v) is 8.71. The van der Waals surface area contributed by atoms with E-state index in [1.165, 1.54) is 23.3 Å². The average Bonchev–Trinajstić information content (AvgIpc) is 2.92. The minimum Gasteiger partial charge on any atom is -0.218 e. The molecule has 0 radical (unpaired) electrons. The summed E-state index contributed by atoms with van der Waals surface area (Å²) < 4.78 is 0. The molecule has 110 valence electrons. The van der Waals surface area contributed by atoms with Gasteiger partial charge in [-0.3, -0.25) is 0 Å². The summed E-state index contributed by atoms with van der Waals surface area (Å²) in [5.74, 6) is 0.681. The maximum absolute atomic E-state index is 6.44. The highest BCUT2D eigenvalue weighted by Gasteiger charge is 2.19. The minimum absolute atomic E-state index is 0.595. The number of nitrogens with zero attached hydrogens (tertiary/aromatic N) is 2. The van der Waals surface area contributed by atoms with Crippen LogP contribution in [-0.2, 0) is 12.8 Å². The van der Waals surface area contributed by atoms with E-state index in [9.17, 15) is 0 Å². The Morgan fingerprint density at radius 1 is 1.00 bits per heavy atom. The highest BCUT2D eigenvalue weighted by Crippen LogP contribution is 2.38. The van der Waals surface area contributed by atoms with Gasteiger partial charge in [0.25, 0.3) is 0 Å². The van der Waals surface area contributed by atoms with Crippen molar-refractivity contribution in [2.75, 3.05) is 0 Å². The van der Waals surface area contributed by atoms with E-state index in [-0.39, 0.29) is 0 Å². The van der Waals surface area contributed by atoms with E-state index < -0.39 is 0 Å². The number of hydrogen-bond acceptors (Lipinski definition) is 3. The Morgan fingerprint density at radius 2 is 1.82 bits per heavy atom. The molecule has 22 heavy (non-hydrogen) atoms. The summed E-state index contributed by atoms with van der Waals surface area (Å²) in [5.41, 5.74) is 2.52. The molecular weight excluding hydrogens is 312 g/mol. The van der Waals surface area contributed by atoms with Gasteiger partial charge in [0.2, 0.25) is 0 Å². The topological polar surface area (TPSA) is 25.8 Å². The lowest BCUT2D eigenvalue weighted by molar-refractivity contribution is 0.700. The lowest BCUT2D eigenvalue weighted by Crippen LogP contribution is -1.98. The molecule has 3 aromatic rings. The van der Waals surface area contributed by atoms with Crippen molar-refractivity contribution in [3.05, 3.63) is 57.3 Å². The van der Waals surface area contributed by atoms with Crippen LogP contribution in [0.2, 0.25) is 5.15 Å². The molecule has 0 saturated heterocycles. The van der Waals surface area contributed by atoms with Crippen LogP contribution in [0.4, 0.5) is 0 Å². The molecule has 1 aliphatic carbocycles. The summed E-state index contributed by atoms with van der Waals surface area (Å²) in [6.45, 7) is 0. The molecule has 0 fully saturated rings. The number of benzene rings is 1. The van der Waals surface area contributed by atoms with Crippen LogP contribution in [0.5, 0.6) is 0 Å². The number of hydrogen-bond donors (Lipinski definition) is 0. The molecule has 0 unspecified atom stereocenters. The second-order valence-corrected chi connectivity index (χ2v) is 6.95. The zero-order valence-electron chi connectivity index (χ0n) is 12.1. The summed E-state index contributed by atoms with van der Waals surface area (Å²) in [5, 5.41) is 1.68. The second-order valence-electron chi connectivity index (χ2n) is 5.51. The molecular formula is C18H15ClN2S. The summed E-state index contributed by atoms with van der Waals surface area (Å²) in [6, 6.07) is 10.2. The lowest BCUT2D eigenvalue weighted by atomic mass is 9.97. The van der Waals surface area contributed by atoms with E-state index in [2.05, 4.69) is 17.1 Å². The minimum atomic E-state index is 0.595. The van der Waals surface area contributed by atoms with Gasteiger partial charge in [0.15, 0.2) is 5.82 Å². The fraction of sp³-hybridized carbons (Fsp3) is 0.222. The summed E-state index contributed by atoms with van der Waals surface area (Å²) in [4.78, 5) is 11.6. The van der Waals surface area contributed by atoms with Crippen molar-refractivity contribution >= 4 is 45.3 Å². The van der Waals surface area contributed by atoms with Crippen molar-refractivity contribution < 1.29 is 0 Å². The van der Waals surface area contributed by atoms with Gasteiger partial charge in [-0.15, -0.1) is 11.3 Å². The van der Waals surface area contributed by atoms with Crippen LogP contribution in [0.3, 0.4) is 0 Å². The molecule has 4 heteroatoms. The summed E-state index contributed by atoms with van der Waals surface area (Å²) >= 11 is 8.22. The van der Waals surface area contributed by atoms with Gasteiger partial charge in [-0.1, -0.05) is 48.0 Å². The van der Waals surface area contributed by atoms with Crippen LogP contribution in [0.25, 0.3) is 22.4 Å². The first-order chi connectivity index (χ1) is 10.8. The Morgan fingerprint density at radius 3 is 2.68 bits per heavy atom. The normalized spacial score (nSPS) is 14.6. The highest BCUT2D eigenvalue weighted by atomic mass is 35.5. The first-order valence-electron chi connectivity index (χ1n) is 7.52. The van der Waals surface area contributed by atoms with Crippen molar-refractivity contribution in [3.8, 4) is 0 Å². The smallest absolute Gasteiger partial charge is 0.155 e. The van der Waals surface area contributed by atoms with E-state index >= 15 is 0 Å². The van der Waals surface area contributed by atoms with Gasteiger partial charge < -0.3 is 0 Å². The number of aromatic nitrogens is 2. The molecule has 2 nitrogen and oxygen atoms in total. The molecule has 0 atom stereocenters. The number of aryl methyl sites for hydroxylation is 2. The SMILES string of the molecule is Clc1nc(C=Cc2ccccc2)nc2sc3c(c12)CCCC3. The van der Waals surface area contributed by atoms with Crippen LogP contribution in [0, 0.1) is 0 Å². The highest BCUT2D eigenvalue weighted by molar-refractivity contribution is 7.19. The Labute approximate surface area is 138 Å². The fourth-order valence-electron chi connectivity index (χ4n) is 2.94. The predicted molar refractivity (Wildman–Crippen MR) is 94.4 cm³/mol. The third-order valence-electron chi connectivity index (χ3n) is 4.01. The zero-order chi connectivity index (χ0) is 14.9. The van der Waals surface area contributed by atoms with Crippen molar-refractivity contribution in [1.82, 2.24) is 9.97 Å². The molecule has 1 aliphatic rings. The first kappa shape index (κ1) is 13.9. The monoisotopic (exact) mass is 326 g/mol. The van der Waals surface area contributed by atoms with Crippen molar-refractivity contribution in [2.24, 2.45) is 0 Å². The van der Waals surface area contributed by atoms with Gasteiger partial charge in [0.1, 0.15) is 9.98 Å². The summed E-state index contributed by atoms with van der Waals surface area (Å²) in [6.07, 6.45) is 8.72. The van der Waals surface area contributed by atoms with Gasteiger partial charge in [-0.2, -0.15) is 0 Å². The zero-order valence-corrected chi connectivity index (χ0v) is 13.6. The summed E-state index contributed by atoms with van der Waals surface area (Å²) in [7, 11) is 0. The van der Waals surface area contributed by atoms with Gasteiger partial charge in [-0.25, -0.2) is 9.97 Å². The van der Waals surface area contributed by atoms with Crippen LogP contribution < -0.4 is 0 Å². The van der Waals surface area contributed by atoms with E-state index in [4.69, 9.17) is 16.6 Å². The Bertz CT molecular complexity index is 852. The predicted octanol–water partition coefficient (Wildman–Crippen LogP) is 5.39. The van der Waals surface area contributed by atoms with Crippen LogP contribution in [0.15, 0.2) is 30.3 Å². The fourth-order valence-corrected chi connectivity index (χ4v) is 4.55. The third kappa shape index (κ3) is 2.55. The molecule has 0 aliphatic heterocycles. The van der Waals surface area contributed by atoms with E-state index in [1.54, 1.807) is 11.3 Å². The maximum atomic E-state index is 6.44. The van der Waals surface area contributed by atoms with E-state index in [1.807, 2.05) is 30.4 Å². The number of thiophene rings is 1. The average molecular weight is 327 g/mol. The Hall–Kier alpha value is -1.71. The van der Waals surface area contributed by atoms with Crippen LogP contribution in [0.1, 0.15) is 34.7 Å². The third-order valence-corrected chi connectivity index (χ3v) is 5.47. The standard InChI is InChI=1S/C18H15ClN2S/c19-17-16-13-8-4-5-9-14(13)22-18(16)21-15(20-17)11-10-12-6-2-1-3-7-12/h1-3,6-7,10-11H,4-5,8-9H2. The van der Waals surface area contributed by atoms with Crippen molar-refractivity contribution in [2.45, 2.75) is 25.7 Å². The van der Waals surface area contributed by atoms with Crippen LogP contribution >= 0.6 is 22.9 Å². The Kier molecular flexibility index (Phi) is 3.68. The Balaban J connectivity index is 1.76. The number of rotatable bonds is 2. The van der Waals surface area contributed by atoms with Crippen molar-refractivity contribution in [3.63, 3.8) is 0 Å². The van der Waals surface area contributed by atoms with E-state index in [0.717, 1.165) is 28.6 Å². The van der Waals surface area contributed by atoms with Gasteiger partial charge >= 0.3 is 0 Å². The molecule has 4 rings (SSSR count).